The molecule has 9 heteroatoms. The number of halogens is 3. The van der Waals surface area contributed by atoms with Crippen LogP contribution in [0, 0.1) is 5.92 Å². The summed E-state index contributed by atoms with van der Waals surface area (Å²) in [5.41, 5.74) is -2.42. The van der Waals surface area contributed by atoms with E-state index in [2.05, 4.69) is 29.8 Å². The molecule has 0 bridgehead atoms. The Labute approximate surface area is 196 Å². The van der Waals surface area contributed by atoms with Gasteiger partial charge in [-0.3, -0.25) is 19.5 Å². The lowest BCUT2D eigenvalue weighted by Crippen LogP contribution is -2.51. The summed E-state index contributed by atoms with van der Waals surface area (Å²) < 4.78 is 38.0. The molecule has 2 heterocycles. The van der Waals surface area contributed by atoms with Crippen LogP contribution in [-0.4, -0.2) is 45.7 Å². The van der Waals surface area contributed by atoms with Gasteiger partial charge >= 0.3 is 5.51 Å². The summed E-state index contributed by atoms with van der Waals surface area (Å²) in [6.07, 6.45) is 2.96. The number of aldehydes is 1. The normalized spacial score (nSPS) is 18.7. The zero-order valence-corrected chi connectivity index (χ0v) is 19.9. The van der Waals surface area contributed by atoms with E-state index in [0.717, 1.165) is 17.7 Å². The van der Waals surface area contributed by atoms with Gasteiger partial charge in [-0.25, -0.2) is 0 Å². The number of Topliss-reactive ketones (excluding diaryl/α,β-unsaturated/α-hetero) is 1. The van der Waals surface area contributed by atoms with Crippen LogP contribution in [0.1, 0.15) is 39.0 Å². The highest BCUT2D eigenvalue weighted by atomic mass is 32.2. The van der Waals surface area contributed by atoms with Gasteiger partial charge in [0.05, 0.1) is 6.67 Å². The number of thioether (sulfide) groups is 1. The molecule has 0 saturated carbocycles. The lowest BCUT2D eigenvalue weighted by Gasteiger charge is -2.34. The number of nitrogens with zero attached hydrogens (tertiary/aromatic N) is 3. The fourth-order valence-electron chi connectivity index (χ4n) is 4.27. The van der Waals surface area contributed by atoms with E-state index in [4.69, 9.17) is 0 Å². The van der Waals surface area contributed by atoms with Crippen molar-refractivity contribution in [2.45, 2.75) is 62.6 Å². The minimum atomic E-state index is -4.37. The second kappa shape index (κ2) is 9.85. The Hall–Kier alpha value is -2.39. The van der Waals surface area contributed by atoms with Crippen LogP contribution in [0.3, 0.4) is 0 Å². The number of pyridine rings is 1. The molecule has 5 nitrogen and oxygen atoms in total. The number of rotatable bonds is 8. The van der Waals surface area contributed by atoms with E-state index in [-0.39, 0.29) is 16.7 Å². The van der Waals surface area contributed by atoms with Crippen LogP contribution < -0.4 is 4.90 Å². The largest absolute Gasteiger partial charge is 0.446 e. The number of aromatic nitrogens is 1. The van der Waals surface area contributed by atoms with Gasteiger partial charge in [0.15, 0.2) is 6.29 Å². The zero-order valence-electron chi connectivity index (χ0n) is 19.1. The standard InChI is InChI=1S/C24H28F3N3O2S/c1-16(2)11-18-12-17(9-10-28-18)13-29-15-30(22(21(32)14-31)23(29,3)4)19-5-7-20(8-6-19)33-24(25,26)27/h5-10,12,14,16,22H,11,13,15H2,1-4H3. The first-order chi connectivity index (χ1) is 15.4. The number of carbonyl (C=O) groups excluding carboxylic acids is 2. The summed E-state index contributed by atoms with van der Waals surface area (Å²) in [7, 11) is 0. The first-order valence-corrected chi connectivity index (χ1v) is 11.5. The van der Waals surface area contributed by atoms with Crippen LogP contribution in [0.15, 0.2) is 47.5 Å². The molecule has 1 aromatic heterocycles. The fraction of sp³-hybridized carbons (Fsp3) is 0.458. The molecule has 0 radical (unpaired) electrons. The summed E-state index contributed by atoms with van der Waals surface area (Å²) in [5.74, 6) is -0.0917. The first-order valence-electron chi connectivity index (χ1n) is 10.7. The minimum Gasteiger partial charge on any atom is -0.346 e. The topological polar surface area (TPSA) is 53.5 Å². The highest BCUT2D eigenvalue weighted by Crippen LogP contribution is 2.40. The van der Waals surface area contributed by atoms with Gasteiger partial charge in [0.25, 0.3) is 0 Å². The number of benzene rings is 1. The van der Waals surface area contributed by atoms with Crippen molar-refractivity contribution in [2.24, 2.45) is 5.92 Å². The quantitative estimate of drug-likeness (QED) is 0.299. The summed E-state index contributed by atoms with van der Waals surface area (Å²) in [6, 6.07) is 9.12. The smallest absolute Gasteiger partial charge is 0.346 e. The van der Waals surface area contributed by atoms with Crippen LogP contribution in [0.2, 0.25) is 0 Å². The lowest BCUT2D eigenvalue weighted by atomic mass is 9.90. The van der Waals surface area contributed by atoms with Crippen molar-refractivity contribution in [1.82, 2.24) is 9.88 Å². The monoisotopic (exact) mass is 479 g/mol. The average Bonchev–Trinajstić information content (AvgIpc) is 2.97. The van der Waals surface area contributed by atoms with E-state index in [9.17, 15) is 22.8 Å². The molecule has 2 aromatic rings. The van der Waals surface area contributed by atoms with Gasteiger partial charge in [0.1, 0.15) is 6.04 Å². The number of carbonyl (C=O) groups is 2. The fourth-order valence-corrected chi connectivity index (χ4v) is 4.81. The summed E-state index contributed by atoms with van der Waals surface area (Å²) in [6.45, 7) is 8.97. The molecular formula is C24H28F3N3O2S. The predicted molar refractivity (Wildman–Crippen MR) is 123 cm³/mol. The zero-order chi connectivity index (χ0) is 24.4. The molecule has 178 valence electrons. The molecule has 0 N–H and O–H groups in total. The van der Waals surface area contributed by atoms with Gasteiger partial charge in [-0.2, -0.15) is 13.2 Å². The third-order valence-corrected chi connectivity index (χ3v) is 6.52. The Morgan fingerprint density at radius 1 is 1.24 bits per heavy atom. The Morgan fingerprint density at radius 3 is 2.48 bits per heavy atom. The van der Waals surface area contributed by atoms with Crippen molar-refractivity contribution in [3.8, 4) is 0 Å². The molecule has 33 heavy (non-hydrogen) atoms. The third kappa shape index (κ3) is 6.14. The SMILES string of the molecule is CC(C)Cc1cc(CN2CN(c3ccc(SC(F)(F)F)cc3)C(C(=O)C=O)C2(C)C)ccn1. The molecule has 1 aliphatic rings. The van der Waals surface area contributed by atoms with Gasteiger partial charge in [0.2, 0.25) is 5.78 Å². The number of ketones is 1. The number of anilines is 1. The minimum absolute atomic E-state index is 0.0642. The molecule has 1 atom stereocenters. The highest BCUT2D eigenvalue weighted by molar-refractivity contribution is 8.00. The predicted octanol–water partition coefficient (Wildman–Crippen LogP) is 5.09. The van der Waals surface area contributed by atoms with E-state index >= 15 is 0 Å². The summed E-state index contributed by atoms with van der Waals surface area (Å²) >= 11 is -0.187. The Balaban J connectivity index is 1.88. The van der Waals surface area contributed by atoms with E-state index in [1.54, 1.807) is 23.2 Å². The summed E-state index contributed by atoms with van der Waals surface area (Å²) in [5, 5.41) is 0. The maximum Gasteiger partial charge on any atom is 0.446 e. The van der Waals surface area contributed by atoms with Crippen molar-refractivity contribution >= 4 is 29.5 Å². The number of hydrogen-bond acceptors (Lipinski definition) is 6. The Bertz CT molecular complexity index is 993. The van der Waals surface area contributed by atoms with Crippen LogP contribution in [0.5, 0.6) is 0 Å². The van der Waals surface area contributed by atoms with Crippen molar-refractivity contribution in [3.05, 3.63) is 53.9 Å². The first kappa shape index (κ1) is 25.2. The van der Waals surface area contributed by atoms with Crippen LogP contribution >= 0.6 is 11.8 Å². The molecule has 1 fully saturated rings. The van der Waals surface area contributed by atoms with Crippen molar-refractivity contribution in [1.29, 1.82) is 0 Å². The van der Waals surface area contributed by atoms with Crippen LogP contribution in [0.4, 0.5) is 18.9 Å². The van der Waals surface area contributed by atoms with Gasteiger partial charge in [0, 0.05) is 34.6 Å². The Morgan fingerprint density at radius 2 is 1.91 bits per heavy atom. The maximum atomic E-state index is 12.7. The van der Waals surface area contributed by atoms with Gasteiger partial charge in [-0.15, -0.1) is 0 Å². The molecule has 1 unspecified atom stereocenters. The van der Waals surface area contributed by atoms with E-state index < -0.39 is 22.9 Å². The van der Waals surface area contributed by atoms with Gasteiger partial charge in [-0.1, -0.05) is 13.8 Å². The molecular weight excluding hydrogens is 451 g/mol. The summed E-state index contributed by atoms with van der Waals surface area (Å²) in [4.78, 5) is 32.5. The van der Waals surface area contributed by atoms with Gasteiger partial charge in [-0.05, 0) is 79.9 Å². The molecule has 1 saturated heterocycles. The molecule has 3 rings (SSSR count). The third-order valence-electron chi connectivity index (χ3n) is 5.78. The van der Waals surface area contributed by atoms with Crippen LogP contribution in [-0.2, 0) is 22.6 Å². The highest BCUT2D eigenvalue weighted by Gasteiger charge is 2.50. The van der Waals surface area contributed by atoms with E-state index in [1.165, 1.54) is 12.1 Å². The van der Waals surface area contributed by atoms with Crippen LogP contribution in [0.25, 0.3) is 0 Å². The second-order valence-electron chi connectivity index (χ2n) is 9.18. The lowest BCUT2D eigenvalue weighted by molar-refractivity contribution is -0.131. The Kier molecular flexibility index (Phi) is 7.53. The molecule has 0 aliphatic carbocycles. The molecule has 0 spiro atoms. The van der Waals surface area contributed by atoms with E-state index in [1.807, 2.05) is 19.9 Å². The van der Waals surface area contributed by atoms with E-state index in [0.29, 0.717) is 31.1 Å². The maximum absolute atomic E-state index is 12.7. The van der Waals surface area contributed by atoms with Crippen molar-refractivity contribution in [3.63, 3.8) is 0 Å². The molecule has 1 aromatic carbocycles. The number of alkyl halides is 3. The average molecular weight is 480 g/mol. The molecule has 1 aliphatic heterocycles. The van der Waals surface area contributed by atoms with Gasteiger partial charge < -0.3 is 4.90 Å². The molecule has 0 amide bonds. The second-order valence-corrected chi connectivity index (χ2v) is 10.3. The van der Waals surface area contributed by atoms with Crippen molar-refractivity contribution < 1.29 is 22.8 Å². The number of hydrogen-bond donors (Lipinski definition) is 0. The van der Waals surface area contributed by atoms with Crippen molar-refractivity contribution in [2.75, 3.05) is 11.6 Å².